The lowest BCUT2D eigenvalue weighted by molar-refractivity contribution is -0.153. The number of rotatable bonds is 3. The number of fused-ring (bicyclic) bond motifs is 1. The fourth-order valence-electron chi connectivity index (χ4n) is 3.31. The fourth-order valence-corrected chi connectivity index (χ4v) is 3.31. The maximum absolute atomic E-state index is 12.4. The maximum atomic E-state index is 12.4. The molecule has 0 aromatic carbocycles. The molecule has 1 saturated heterocycles. The predicted molar refractivity (Wildman–Crippen MR) is 66.8 cm³/mol. The SMILES string of the molecule is CC(C)(CN)C(=O)N1CC2CCCC2C1C(=O)O. The molecule has 1 aliphatic heterocycles. The minimum atomic E-state index is -0.870. The van der Waals surface area contributed by atoms with Crippen LogP contribution >= 0.6 is 0 Å². The van der Waals surface area contributed by atoms with E-state index in [0.29, 0.717) is 12.5 Å². The summed E-state index contributed by atoms with van der Waals surface area (Å²) in [4.78, 5) is 25.4. The smallest absolute Gasteiger partial charge is 0.326 e. The second kappa shape index (κ2) is 4.53. The van der Waals surface area contributed by atoms with E-state index in [1.165, 1.54) is 0 Å². The fraction of sp³-hybridized carbons (Fsp3) is 0.846. The summed E-state index contributed by atoms with van der Waals surface area (Å²) in [7, 11) is 0. The second-order valence-electron chi connectivity index (χ2n) is 6.18. The minimum absolute atomic E-state index is 0.119. The van der Waals surface area contributed by atoms with Crippen molar-refractivity contribution in [3.63, 3.8) is 0 Å². The molecule has 1 heterocycles. The van der Waals surface area contributed by atoms with E-state index in [1.54, 1.807) is 18.7 Å². The summed E-state index contributed by atoms with van der Waals surface area (Å²) in [6, 6.07) is -0.643. The largest absolute Gasteiger partial charge is 0.480 e. The summed E-state index contributed by atoms with van der Waals surface area (Å²) in [6.45, 7) is 4.39. The Morgan fingerprint density at radius 2 is 2.06 bits per heavy atom. The van der Waals surface area contributed by atoms with E-state index in [1.807, 2.05) is 0 Å². The van der Waals surface area contributed by atoms with Crippen molar-refractivity contribution in [3.05, 3.63) is 0 Å². The number of nitrogens with zero attached hydrogens (tertiary/aromatic N) is 1. The number of carbonyl (C=O) groups is 2. The van der Waals surface area contributed by atoms with Gasteiger partial charge in [-0.15, -0.1) is 0 Å². The standard InChI is InChI=1S/C13H22N2O3/c1-13(2,7-14)12(18)15-6-8-4-3-5-9(8)10(15)11(16)17/h8-10H,3-7,14H2,1-2H3,(H,16,17). The Labute approximate surface area is 107 Å². The lowest BCUT2D eigenvalue weighted by atomic mass is 9.90. The first-order valence-electron chi connectivity index (χ1n) is 6.62. The van der Waals surface area contributed by atoms with Gasteiger partial charge in [0.2, 0.25) is 5.91 Å². The molecule has 1 saturated carbocycles. The first-order chi connectivity index (χ1) is 8.38. The number of aliphatic carboxylic acids is 1. The average molecular weight is 254 g/mol. The van der Waals surface area contributed by atoms with Crippen LogP contribution in [0.3, 0.4) is 0 Å². The van der Waals surface area contributed by atoms with Gasteiger partial charge in [0.15, 0.2) is 0 Å². The van der Waals surface area contributed by atoms with Crippen LogP contribution in [0.5, 0.6) is 0 Å². The summed E-state index contributed by atoms with van der Waals surface area (Å²) < 4.78 is 0. The molecule has 18 heavy (non-hydrogen) atoms. The molecule has 1 aliphatic carbocycles. The Morgan fingerprint density at radius 1 is 1.39 bits per heavy atom. The highest BCUT2D eigenvalue weighted by molar-refractivity contribution is 5.88. The molecule has 102 valence electrons. The van der Waals surface area contributed by atoms with Crippen molar-refractivity contribution in [2.75, 3.05) is 13.1 Å². The molecule has 2 aliphatic rings. The first kappa shape index (κ1) is 13.3. The van der Waals surface area contributed by atoms with Gasteiger partial charge in [-0.3, -0.25) is 4.79 Å². The van der Waals surface area contributed by atoms with Crippen molar-refractivity contribution in [1.82, 2.24) is 4.90 Å². The number of hydrogen-bond donors (Lipinski definition) is 2. The third kappa shape index (κ3) is 2.00. The lowest BCUT2D eigenvalue weighted by Gasteiger charge is -2.32. The molecule has 5 heteroatoms. The van der Waals surface area contributed by atoms with Crippen LogP contribution in [-0.2, 0) is 9.59 Å². The number of carbonyl (C=O) groups excluding carboxylic acids is 1. The van der Waals surface area contributed by atoms with E-state index >= 15 is 0 Å². The van der Waals surface area contributed by atoms with Crippen LogP contribution in [0.1, 0.15) is 33.1 Å². The maximum Gasteiger partial charge on any atom is 0.326 e. The minimum Gasteiger partial charge on any atom is -0.480 e. The van der Waals surface area contributed by atoms with Crippen molar-refractivity contribution < 1.29 is 14.7 Å². The van der Waals surface area contributed by atoms with E-state index in [4.69, 9.17) is 5.73 Å². The second-order valence-corrected chi connectivity index (χ2v) is 6.18. The summed E-state index contributed by atoms with van der Waals surface area (Å²) in [5.74, 6) is -0.485. The lowest BCUT2D eigenvalue weighted by Crippen LogP contribution is -2.50. The summed E-state index contributed by atoms with van der Waals surface area (Å²) >= 11 is 0. The number of nitrogens with two attached hydrogens (primary N) is 1. The van der Waals surface area contributed by atoms with Gasteiger partial charge >= 0.3 is 5.97 Å². The Balaban J connectivity index is 2.22. The first-order valence-corrected chi connectivity index (χ1v) is 6.62. The van der Waals surface area contributed by atoms with Crippen molar-refractivity contribution in [2.24, 2.45) is 23.0 Å². The highest BCUT2D eigenvalue weighted by Gasteiger charge is 2.51. The van der Waals surface area contributed by atoms with Crippen molar-refractivity contribution >= 4 is 11.9 Å². The Bertz CT molecular complexity index is 367. The van der Waals surface area contributed by atoms with E-state index in [9.17, 15) is 14.7 Å². The highest BCUT2D eigenvalue weighted by atomic mass is 16.4. The predicted octanol–water partition coefficient (Wildman–Crippen LogP) is 0.683. The van der Waals surface area contributed by atoms with Crippen LogP contribution in [0.2, 0.25) is 0 Å². The summed E-state index contributed by atoms with van der Waals surface area (Å²) in [6.07, 6.45) is 3.05. The number of amides is 1. The van der Waals surface area contributed by atoms with Gasteiger partial charge in [0.05, 0.1) is 5.41 Å². The van der Waals surface area contributed by atoms with Gasteiger partial charge in [-0.1, -0.05) is 6.42 Å². The van der Waals surface area contributed by atoms with E-state index < -0.39 is 17.4 Å². The van der Waals surface area contributed by atoms with Gasteiger partial charge in [0.1, 0.15) is 6.04 Å². The third-order valence-corrected chi connectivity index (χ3v) is 4.49. The zero-order chi connectivity index (χ0) is 13.5. The Hall–Kier alpha value is -1.10. The number of hydrogen-bond acceptors (Lipinski definition) is 3. The molecule has 0 aromatic rings. The van der Waals surface area contributed by atoms with Gasteiger partial charge in [0.25, 0.3) is 0 Å². The molecule has 0 bridgehead atoms. The molecule has 3 unspecified atom stereocenters. The zero-order valence-electron chi connectivity index (χ0n) is 11.1. The molecule has 1 amide bonds. The van der Waals surface area contributed by atoms with E-state index in [0.717, 1.165) is 19.3 Å². The Morgan fingerprint density at radius 3 is 2.61 bits per heavy atom. The highest BCUT2D eigenvalue weighted by Crippen LogP contribution is 2.43. The molecule has 0 aromatic heterocycles. The molecule has 5 nitrogen and oxygen atoms in total. The van der Waals surface area contributed by atoms with E-state index in [-0.39, 0.29) is 18.4 Å². The molecule has 0 radical (unpaired) electrons. The van der Waals surface area contributed by atoms with Crippen LogP contribution in [-0.4, -0.2) is 41.0 Å². The molecular weight excluding hydrogens is 232 g/mol. The normalized spacial score (nSPS) is 31.5. The molecular formula is C13H22N2O3. The van der Waals surface area contributed by atoms with Gasteiger partial charge in [-0.05, 0) is 38.5 Å². The van der Waals surface area contributed by atoms with Gasteiger partial charge in [0, 0.05) is 13.1 Å². The Kier molecular flexibility index (Phi) is 3.36. The van der Waals surface area contributed by atoms with Gasteiger partial charge in [-0.2, -0.15) is 0 Å². The van der Waals surface area contributed by atoms with Crippen molar-refractivity contribution in [3.8, 4) is 0 Å². The molecule has 3 atom stereocenters. The summed E-state index contributed by atoms with van der Waals surface area (Å²) in [5.41, 5.74) is 4.94. The average Bonchev–Trinajstić information content (AvgIpc) is 2.86. The zero-order valence-corrected chi connectivity index (χ0v) is 11.1. The topological polar surface area (TPSA) is 83.6 Å². The van der Waals surface area contributed by atoms with Gasteiger partial charge < -0.3 is 15.7 Å². The molecule has 0 spiro atoms. The number of carboxylic acid groups (broad SMARTS) is 1. The van der Waals surface area contributed by atoms with Crippen LogP contribution < -0.4 is 5.73 Å². The van der Waals surface area contributed by atoms with Gasteiger partial charge in [-0.25, -0.2) is 4.79 Å². The molecule has 2 fully saturated rings. The van der Waals surface area contributed by atoms with Crippen molar-refractivity contribution in [1.29, 1.82) is 0 Å². The third-order valence-electron chi connectivity index (χ3n) is 4.49. The van der Waals surface area contributed by atoms with E-state index in [2.05, 4.69) is 0 Å². The van der Waals surface area contributed by atoms with Crippen LogP contribution in [0.15, 0.2) is 0 Å². The summed E-state index contributed by atoms with van der Waals surface area (Å²) in [5, 5.41) is 9.39. The van der Waals surface area contributed by atoms with Crippen molar-refractivity contribution in [2.45, 2.75) is 39.2 Å². The quantitative estimate of drug-likeness (QED) is 0.776. The number of likely N-dealkylation sites (tertiary alicyclic amines) is 1. The van der Waals surface area contributed by atoms with Crippen LogP contribution in [0, 0.1) is 17.3 Å². The van der Waals surface area contributed by atoms with Crippen LogP contribution in [0.25, 0.3) is 0 Å². The monoisotopic (exact) mass is 254 g/mol. The molecule has 3 N–H and O–H groups in total. The number of carboxylic acids is 1. The molecule has 2 rings (SSSR count). The van der Waals surface area contributed by atoms with Crippen LogP contribution in [0.4, 0.5) is 0 Å².